The maximum Gasteiger partial charge on any atom is 0.231 e. The molecule has 1 amide bonds. The van der Waals surface area contributed by atoms with Gasteiger partial charge in [-0.15, -0.1) is 0 Å². The van der Waals surface area contributed by atoms with Crippen molar-refractivity contribution in [2.24, 2.45) is 5.92 Å². The minimum atomic E-state index is 0.175. The summed E-state index contributed by atoms with van der Waals surface area (Å²) in [6.45, 7) is 5.30. The van der Waals surface area contributed by atoms with Crippen LogP contribution in [0.1, 0.15) is 25.7 Å². The number of morpholine rings is 1. The Morgan fingerprint density at radius 3 is 2.88 bits per heavy atom. The second-order valence-electron chi connectivity index (χ2n) is 7.03. The van der Waals surface area contributed by atoms with Gasteiger partial charge in [0.25, 0.3) is 0 Å². The number of benzene rings is 1. The summed E-state index contributed by atoms with van der Waals surface area (Å²) in [5.74, 6) is 0.414. The molecule has 0 radical (unpaired) electrons. The van der Waals surface area contributed by atoms with Crippen LogP contribution in [0.3, 0.4) is 0 Å². The van der Waals surface area contributed by atoms with Gasteiger partial charge in [0.05, 0.1) is 23.4 Å². The third kappa shape index (κ3) is 4.03. The van der Waals surface area contributed by atoms with Gasteiger partial charge < -0.3 is 4.74 Å². The Labute approximate surface area is 162 Å². The van der Waals surface area contributed by atoms with E-state index in [9.17, 15) is 4.79 Å². The third-order valence-electron chi connectivity index (χ3n) is 5.25. The van der Waals surface area contributed by atoms with Gasteiger partial charge in [-0.25, -0.2) is 4.98 Å². The predicted octanol–water partition coefficient (Wildman–Crippen LogP) is 3.81. The van der Waals surface area contributed by atoms with Crippen LogP contribution < -0.4 is 4.90 Å². The normalized spacial score (nSPS) is 18.8. The summed E-state index contributed by atoms with van der Waals surface area (Å²) in [5.41, 5.74) is 0.911. The van der Waals surface area contributed by atoms with Crippen LogP contribution in [-0.4, -0.2) is 55.2 Å². The van der Waals surface area contributed by atoms with Gasteiger partial charge in [0, 0.05) is 37.1 Å². The Morgan fingerprint density at radius 1 is 1.35 bits per heavy atom. The van der Waals surface area contributed by atoms with Crippen molar-refractivity contribution >= 4 is 44.2 Å². The number of amides is 1. The van der Waals surface area contributed by atoms with Gasteiger partial charge in [0.1, 0.15) is 0 Å². The fraction of sp³-hybridized carbons (Fsp3) is 0.579. The average molecular weight is 394 g/mol. The maximum absolute atomic E-state index is 13.0. The molecule has 2 aliphatic rings. The Hall–Kier alpha value is -1.21. The smallest absolute Gasteiger partial charge is 0.231 e. The fourth-order valence-corrected chi connectivity index (χ4v) is 4.73. The van der Waals surface area contributed by atoms with Crippen molar-refractivity contribution in [3.8, 4) is 0 Å². The SMILES string of the molecule is O=C(C1CCC1)N(CCCN1CCOCC1)c1nc2ccc(Cl)cc2s1. The molecule has 1 aliphatic carbocycles. The first-order valence-corrected chi connectivity index (χ1v) is 10.6. The summed E-state index contributed by atoms with van der Waals surface area (Å²) < 4.78 is 6.44. The van der Waals surface area contributed by atoms with Crippen LogP contribution in [0.2, 0.25) is 5.02 Å². The molecule has 0 atom stereocenters. The molecule has 1 aliphatic heterocycles. The van der Waals surface area contributed by atoms with Crippen molar-refractivity contribution in [2.75, 3.05) is 44.3 Å². The predicted molar refractivity (Wildman–Crippen MR) is 106 cm³/mol. The molecule has 140 valence electrons. The Morgan fingerprint density at radius 2 is 2.15 bits per heavy atom. The topological polar surface area (TPSA) is 45.7 Å². The van der Waals surface area contributed by atoms with Crippen molar-refractivity contribution in [3.63, 3.8) is 0 Å². The molecule has 2 fully saturated rings. The molecule has 2 heterocycles. The number of anilines is 1. The van der Waals surface area contributed by atoms with Gasteiger partial charge in [-0.3, -0.25) is 14.6 Å². The summed E-state index contributed by atoms with van der Waals surface area (Å²) in [5, 5.41) is 1.51. The maximum atomic E-state index is 13.0. The second-order valence-corrected chi connectivity index (χ2v) is 8.48. The summed E-state index contributed by atoms with van der Waals surface area (Å²) in [6, 6.07) is 5.71. The summed E-state index contributed by atoms with van der Waals surface area (Å²) >= 11 is 7.67. The van der Waals surface area contributed by atoms with Crippen LogP contribution in [0, 0.1) is 5.92 Å². The number of ether oxygens (including phenoxy) is 1. The first-order chi connectivity index (χ1) is 12.7. The number of rotatable bonds is 6. The van der Waals surface area contributed by atoms with Gasteiger partial charge in [-0.05, 0) is 37.5 Å². The minimum absolute atomic E-state index is 0.175. The lowest BCUT2D eigenvalue weighted by Gasteiger charge is -2.31. The molecule has 26 heavy (non-hydrogen) atoms. The molecular formula is C19H24ClN3O2S. The zero-order valence-electron chi connectivity index (χ0n) is 14.8. The van der Waals surface area contributed by atoms with E-state index in [1.165, 1.54) is 0 Å². The number of carbonyl (C=O) groups excluding carboxylic acids is 1. The van der Waals surface area contributed by atoms with E-state index in [-0.39, 0.29) is 11.8 Å². The number of fused-ring (bicyclic) bond motifs is 1. The number of carbonyl (C=O) groups is 1. The van der Waals surface area contributed by atoms with Crippen molar-refractivity contribution in [1.82, 2.24) is 9.88 Å². The van der Waals surface area contributed by atoms with E-state index < -0.39 is 0 Å². The van der Waals surface area contributed by atoms with Crippen molar-refractivity contribution in [2.45, 2.75) is 25.7 Å². The monoisotopic (exact) mass is 393 g/mol. The van der Waals surface area contributed by atoms with E-state index in [1.54, 1.807) is 11.3 Å². The van der Waals surface area contributed by atoms with Crippen molar-refractivity contribution in [1.29, 1.82) is 0 Å². The lowest BCUT2D eigenvalue weighted by atomic mass is 9.84. The van der Waals surface area contributed by atoms with Crippen LogP contribution in [-0.2, 0) is 9.53 Å². The standard InChI is InChI=1S/C19H24ClN3O2S/c20-15-5-6-16-17(13-15)26-19(21-16)23(18(24)14-3-1-4-14)8-2-7-22-9-11-25-12-10-22/h5-6,13-14H,1-4,7-12H2. The van der Waals surface area contributed by atoms with Crippen LogP contribution >= 0.6 is 22.9 Å². The summed E-state index contributed by atoms with van der Waals surface area (Å²) in [7, 11) is 0. The van der Waals surface area contributed by atoms with Crippen LogP contribution in [0.25, 0.3) is 10.2 Å². The fourth-order valence-electron chi connectivity index (χ4n) is 3.45. The summed E-state index contributed by atoms with van der Waals surface area (Å²) in [6.07, 6.45) is 4.13. The highest BCUT2D eigenvalue weighted by atomic mass is 35.5. The van der Waals surface area contributed by atoms with Gasteiger partial charge >= 0.3 is 0 Å². The number of aromatic nitrogens is 1. The van der Waals surface area contributed by atoms with Crippen molar-refractivity contribution < 1.29 is 9.53 Å². The molecule has 1 saturated heterocycles. The molecule has 4 rings (SSSR count). The zero-order chi connectivity index (χ0) is 17.9. The third-order valence-corrected chi connectivity index (χ3v) is 6.53. The quantitative estimate of drug-likeness (QED) is 0.748. The molecule has 1 aromatic heterocycles. The van der Waals surface area contributed by atoms with Crippen LogP contribution in [0.15, 0.2) is 18.2 Å². The van der Waals surface area contributed by atoms with E-state index in [1.807, 2.05) is 23.1 Å². The van der Waals surface area contributed by atoms with Gasteiger partial charge in [-0.1, -0.05) is 29.4 Å². The van der Waals surface area contributed by atoms with E-state index in [4.69, 9.17) is 21.3 Å². The Kier molecular flexibility index (Phi) is 5.74. The number of halogens is 1. The average Bonchev–Trinajstić information content (AvgIpc) is 3.00. The van der Waals surface area contributed by atoms with Crippen molar-refractivity contribution in [3.05, 3.63) is 23.2 Å². The van der Waals surface area contributed by atoms with E-state index in [0.29, 0.717) is 5.02 Å². The molecule has 1 saturated carbocycles. The second kappa shape index (κ2) is 8.21. The highest BCUT2D eigenvalue weighted by Gasteiger charge is 2.31. The van der Waals surface area contributed by atoms with E-state index >= 15 is 0 Å². The van der Waals surface area contributed by atoms with Gasteiger partial charge in [0.15, 0.2) is 5.13 Å². The first-order valence-electron chi connectivity index (χ1n) is 9.38. The highest BCUT2D eigenvalue weighted by Crippen LogP contribution is 2.34. The molecule has 5 nitrogen and oxygen atoms in total. The number of hydrogen-bond acceptors (Lipinski definition) is 5. The Balaban J connectivity index is 1.48. The minimum Gasteiger partial charge on any atom is -0.379 e. The number of hydrogen-bond donors (Lipinski definition) is 0. The molecule has 0 bridgehead atoms. The molecule has 2 aromatic rings. The molecule has 1 aromatic carbocycles. The lowest BCUT2D eigenvalue weighted by molar-refractivity contribution is -0.124. The van der Waals surface area contributed by atoms with E-state index in [2.05, 4.69) is 4.90 Å². The van der Waals surface area contributed by atoms with Crippen LogP contribution in [0.4, 0.5) is 5.13 Å². The van der Waals surface area contributed by atoms with Gasteiger partial charge in [-0.2, -0.15) is 0 Å². The highest BCUT2D eigenvalue weighted by molar-refractivity contribution is 7.22. The largest absolute Gasteiger partial charge is 0.379 e. The molecular weight excluding hydrogens is 370 g/mol. The van der Waals surface area contributed by atoms with Crippen LogP contribution in [0.5, 0.6) is 0 Å². The number of nitrogens with zero attached hydrogens (tertiary/aromatic N) is 3. The molecule has 0 unspecified atom stereocenters. The molecule has 0 spiro atoms. The van der Waals surface area contributed by atoms with Gasteiger partial charge in [0.2, 0.25) is 5.91 Å². The summed E-state index contributed by atoms with van der Waals surface area (Å²) in [4.78, 5) is 22.0. The Bertz CT molecular complexity index is 771. The molecule has 7 heteroatoms. The first kappa shape index (κ1) is 18.2. The number of thiazole rings is 1. The van der Waals surface area contributed by atoms with E-state index in [0.717, 1.165) is 80.4 Å². The lowest BCUT2D eigenvalue weighted by Crippen LogP contribution is -2.42. The zero-order valence-corrected chi connectivity index (χ0v) is 16.4. The molecule has 0 N–H and O–H groups in total.